The number of hydrogen-bond donors (Lipinski definition) is 3. The molecule has 1 amide bonds. The standard InChI is InChI=1S/C4H6O2.CH3NO2/c1-3(2)4(5)6;3-1-2-4/h1H2,2H3,(H,5,6);1,4H,(H,2,3). The molecule has 0 aliphatic rings. The largest absolute Gasteiger partial charge is 0.478 e. The Bertz CT molecular complexity index is 120. The summed E-state index contributed by atoms with van der Waals surface area (Å²) in [5.41, 5.74) is 1.43. The minimum atomic E-state index is -0.935. The quantitative estimate of drug-likeness (QED) is 0.218. The number of carbonyl (C=O) groups is 2. The van der Waals surface area contributed by atoms with Crippen LogP contribution in [0.4, 0.5) is 0 Å². The van der Waals surface area contributed by atoms with E-state index < -0.39 is 5.97 Å². The lowest BCUT2D eigenvalue weighted by atomic mass is 10.4. The molecule has 5 heteroatoms. The molecule has 10 heavy (non-hydrogen) atoms. The van der Waals surface area contributed by atoms with E-state index in [-0.39, 0.29) is 12.0 Å². The van der Waals surface area contributed by atoms with Gasteiger partial charge >= 0.3 is 5.97 Å². The predicted octanol–water partition coefficient (Wildman–Crippen LogP) is -0.231. The maximum absolute atomic E-state index is 9.60. The van der Waals surface area contributed by atoms with Crippen LogP contribution in [0.2, 0.25) is 0 Å². The zero-order valence-electron chi connectivity index (χ0n) is 5.50. The van der Waals surface area contributed by atoms with Crippen LogP contribution in [0.25, 0.3) is 0 Å². The average molecular weight is 147 g/mol. The number of hydrogen-bond acceptors (Lipinski definition) is 3. The summed E-state index contributed by atoms with van der Waals surface area (Å²) in [6, 6.07) is 0. The highest BCUT2D eigenvalue weighted by Crippen LogP contribution is 1.81. The van der Waals surface area contributed by atoms with Gasteiger partial charge in [-0.1, -0.05) is 6.58 Å². The number of carbonyl (C=O) groups excluding carboxylic acids is 1. The molecule has 0 aromatic carbocycles. The number of rotatable bonds is 2. The molecule has 58 valence electrons. The molecule has 0 aromatic rings. The number of nitrogens with one attached hydrogen (secondary N) is 1. The van der Waals surface area contributed by atoms with Crippen molar-refractivity contribution >= 4 is 12.4 Å². The summed E-state index contributed by atoms with van der Waals surface area (Å²) >= 11 is 0. The second-order valence-corrected chi connectivity index (χ2v) is 1.33. The Morgan fingerprint density at radius 2 is 1.90 bits per heavy atom. The monoisotopic (exact) mass is 147 g/mol. The summed E-state index contributed by atoms with van der Waals surface area (Å²) < 4.78 is 0. The number of aliphatic carboxylic acids is 1. The van der Waals surface area contributed by atoms with Crippen molar-refractivity contribution in [2.24, 2.45) is 0 Å². The van der Waals surface area contributed by atoms with Crippen molar-refractivity contribution < 1.29 is 19.9 Å². The number of amides is 1. The lowest BCUT2D eigenvalue weighted by molar-refractivity contribution is -0.132. The highest BCUT2D eigenvalue weighted by molar-refractivity contribution is 5.84. The number of hydroxylamine groups is 1. The van der Waals surface area contributed by atoms with Crippen LogP contribution < -0.4 is 5.48 Å². The first-order valence-corrected chi connectivity index (χ1v) is 2.28. The van der Waals surface area contributed by atoms with Gasteiger partial charge in [0.2, 0.25) is 6.41 Å². The molecule has 0 heterocycles. The fraction of sp³-hybridized carbons (Fsp3) is 0.200. The highest BCUT2D eigenvalue weighted by atomic mass is 16.5. The second-order valence-electron chi connectivity index (χ2n) is 1.33. The van der Waals surface area contributed by atoms with Gasteiger partial charge in [0.05, 0.1) is 0 Å². The fourth-order valence-electron chi connectivity index (χ4n) is 0. The van der Waals surface area contributed by atoms with Crippen molar-refractivity contribution in [1.29, 1.82) is 0 Å². The van der Waals surface area contributed by atoms with Gasteiger partial charge in [-0.15, -0.1) is 0 Å². The zero-order valence-corrected chi connectivity index (χ0v) is 5.50. The third kappa shape index (κ3) is 15.9. The molecule has 0 saturated carbocycles. The Kier molecular flexibility index (Phi) is 8.74. The summed E-state index contributed by atoms with van der Waals surface area (Å²) in [6.45, 7) is 4.60. The Labute approximate surface area is 57.9 Å². The summed E-state index contributed by atoms with van der Waals surface area (Å²) in [5.74, 6) is -0.935. The second kappa shape index (κ2) is 7.64. The third-order valence-electron chi connectivity index (χ3n) is 0.418. The molecule has 0 spiro atoms. The van der Waals surface area contributed by atoms with E-state index in [0.29, 0.717) is 0 Å². The molecule has 0 rings (SSSR count). The Morgan fingerprint density at radius 1 is 1.70 bits per heavy atom. The minimum absolute atomic E-state index is 0.176. The van der Waals surface area contributed by atoms with Crippen LogP contribution in [-0.4, -0.2) is 22.7 Å². The fourth-order valence-corrected chi connectivity index (χ4v) is 0. The van der Waals surface area contributed by atoms with E-state index in [4.69, 9.17) is 15.1 Å². The topological polar surface area (TPSA) is 86.6 Å². The summed E-state index contributed by atoms with van der Waals surface area (Å²) in [4.78, 5) is 18.4. The molecule has 0 radical (unpaired) electrons. The normalized spacial score (nSPS) is 6.60. The molecule has 0 aromatic heterocycles. The molecule has 0 atom stereocenters. The maximum atomic E-state index is 9.60. The Balaban J connectivity index is 0. The van der Waals surface area contributed by atoms with Crippen LogP contribution >= 0.6 is 0 Å². The Hall–Kier alpha value is -1.36. The third-order valence-corrected chi connectivity index (χ3v) is 0.418. The summed E-state index contributed by atoms with van der Waals surface area (Å²) in [7, 11) is 0. The van der Waals surface area contributed by atoms with Gasteiger partial charge in [-0.05, 0) is 6.92 Å². The van der Waals surface area contributed by atoms with E-state index in [1.165, 1.54) is 12.4 Å². The highest BCUT2D eigenvalue weighted by Gasteiger charge is 1.90. The van der Waals surface area contributed by atoms with Crippen LogP contribution in [0.5, 0.6) is 0 Å². The summed E-state index contributed by atoms with van der Waals surface area (Å²) in [6.07, 6.45) is 0.181. The van der Waals surface area contributed by atoms with E-state index in [1.807, 2.05) is 0 Å². The van der Waals surface area contributed by atoms with Gasteiger partial charge in [0.25, 0.3) is 0 Å². The molecule has 0 aliphatic heterocycles. The first-order valence-electron chi connectivity index (χ1n) is 2.28. The zero-order chi connectivity index (χ0) is 8.57. The molecular weight excluding hydrogens is 138 g/mol. The molecule has 0 aliphatic carbocycles. The van der Waals surface area contributed by atoms with Crippen molar-refractivity contribution in [2.45, 2.75) is 6.92 Å². The Morgan fingerprint density at radius 3 is 1.90 bits per heavy atom. The van der Waals surface area contributed by atoms with E-state index in [2.05, 4.69) is 6.58 Å². The number of carboxylic acid groups (broad SMARTS) is 1. The van der Waals surface area contributed by atoms with E-state index >= 15 is 0 Å². The average Bonchev–Trinajstić information content (AvgIpc) is 1.89. The molecule has 5 nitrogen and oxygen atoms in total. The van der Waals surface area contributed by atoms with Gasteiger partial charge < -0.3 is 5.11 Å². The van der Waals surface area contributed by atoms with Gasteiger partial charge in [0, 0.05) is 5.57 Å². The molecule has 0 fully saturated rings. The van der Waals surface area contributed by atoms with E-state index in [1.54, 1.807) is 0 Å². The molecule has 0 saturated heterocycles. The van der Waals surface area contributed by atoms with E-state index in [0.717, 1.165) is 0 Å². The van der Waals surface area contributed by atoms with Crippen LogP contribution in [0.3, 0.4) is 0 Å². The predicted molar refractivity (Wildman–Crippen MR) is 33.4 cm³/mol. The lowest BCUT2D eigenvalue weighted by Gasteiger charge is -1.79. The lowest BCUT2D eigenvalue weighted by Crippen LogP contribution is -1.99. The SMILES string of the molecule is C=C(C)C(=O)O.O=CNO. The van der Waals surface area contributed by atoms with Crippen molar-refractivity contribution in [3.05, 3.63) is 12.2 Å². The van der Waals surface area contributed by atoms with Gasteiger partial charge in [0.1, 0.15) is 0 Å². The maximum Gasteiger partial charge on any atom is 0.330 e. The van der Waals surface area contributed by atoms with Crippen LogP contribution in [-0.2, 0) is 9.59 Å². The minimum Gasteiger partial charge on any atom is -0.478 e. The summed E-state index contributed by atoms with van der Waals surface area (Å²) in [5, 5.41) is 15.1. The van der Waals surface area contributed by atoms with Gasteiger partial charge in [-0.2, -0.15) is 0 Å². The van der Waals surface area contributed by atoms with Crippen LogP contribution in [0.15, 0.2) is 12.2 Å². The van der Waals surface area contributed by atoms with Gasteiger partial charge in [-0.3, -0.25) is 10.0 Å². The van der Waals surface area contributed by atoms with Crippen molar-refractivity contribution in [3.8, 4) is 0 Å². The molecule has 0 unspecified atom stereocenters. The van der Waals surface area contributed by atoms with Gasteiger partial charge in [0.15, 0.2) is 0 Å². The molecule has 0 bridgehead atoms. The van der Waals surface area contributed by atoms with Crippen molar-refractivity contribution in [1.82, 2.24) is 5.48 Å². The van der Waals surface area contributed by atoms with Gasteiger partial charge in [-0.25, -0.2) is 10.3 Å². The molecule has 3 N–H and O–H groups in total. The van der Waals surface area contributed by atoms with Crippen molar-refractivity contribution in [2.75, 3.05) is 0 Å². The smallest absolute Gasteiger partial charge is 0.330 e. The van der Waals surface area contributed by atoms with Crippen LogP contribution in [0, 0.1) is 0 Å². The van der Waals surface area contributed by atoms with Crippen LogP contribution in [0.1, 0.15) is 6.92 Å². The number of carboxylic acids is 1. The first-order chi connectivity index (χ1) is 4.56. The van der Waals surface area contributed by atoms with Crippen molar-refractivity contribution in [3.63, 3.8) is 0 Å². The van der Waals surface area contributed by atoms with E-state index in [9.17, 15) is 4.79 Å². The first kappa shape index (κ1) is 11.4. The molecular formula is C5H9NO4.